The maximum atomic E-state index is 13.4. The minimum absolute atomic E-state index is 0.101. The number of benzene rings is 1. The summed E-state index contributed by atoms with van der Waals surface area (Å²) in [6, 6.07) is 5.10. The average Bonchev–Trinajstić information content (AvgIpc) is 3.03. The van der Waals surface area contributed by atoms with Gasteiger partial charge in [0, 0.05) is 12.6 Å². The number of hydrogen-bond donors (Lipinski definition) is 1. The summed E-state index contributed by atoms with van der Waals surface area (Å²) >= 11 is 0. The van der Waals surface area contributed by atoms with Crippen LogP contribution in [-0.2, 0) is 0 Å². The van der Waals surface area contributed by atoms with Crippen molar-refractivity contribution in [2.45, 2.75) is 39.2 Å². The number of halogens is 1. The van der Waals surface area contributed by atoms with E-state index in [9.17, 15) is 4.39 Å². The molecule has 1 aliphatic carbocycles. The van der Waals surface area contributed by atoms with Crippen molar-refractivity contribution in [3.8, 4) is 5.75 Å². The van der Waals surface area contributed by atoms with Crippen molar-refractivity contribution in [3.05, 3.63) is 29.6 Å². The van der Waals surface area contributed by atoms with Gasteiger partial charge in [-0.05, 0) is 43.9 Å². The number of hydrogen-bond acceptors (Lipinski definition) is 2. The van der Waals surface area contributed by atoms with Crippen LogP contribution in [0.2, 0.25) is 0 Å². The smallest absolute Gasteiger partial charge is 0.129 e. The van der Waals surface area contributed by atoms with Crippen molar-refractivity contribution >= 4 is 0 Å². The van der Waals surface area contributed by atoms with Gasteiger partial charge in [-0.15, -0.1) is 0 Å². The second-order valence-corrected chi connectivity index (χ2v) is 5.72. The number of rotatable bonds is 6. The molecule has 1 N–H and O–H groups in total. The monoisotopic (exact) mass is 251 g/mol. The molecule has 1 fully saturated rings. The van der Waals surface area contributed by atoms with E-state index in [1.54, 1.807) is 13.0 Å². The van der Waals surface area contributed by atoms with Crippen LogP contribution in [0.3, 0.4) is 0 Å². The molecule has 2 rings (SSSR count). The first-order valence-corrected chi connectivity index (χ1v) is 6.67. The van der Waals surface area contributed by atoms with E-state index in [-0.39, 0.29) is 11.4 Å². The molecule has 1 aromatic carbocycles. The highest BCUT2D eigenvalue weighted by Crippen LogP contribution is 2.39. The molecule has 0 heterocycles. The van der Waals surface area contributed by atoms with E-state index in [0.717, 1.165) is 25.9 Å². The van der Waals surface area contributed by atoms with Gasteiger partial charge in [0.2, 0.25) is 0 Å². The molecule has 0 aliphatic heterocycles. The fraction of sp³-hybridized carbons (Fsp3) is 0.600. The summed E-state index contributed by atoms with van der Waals surface area (Å²) in [5.41, 5.74) is 0.557. The third-order valence-corrected chi connectivity index (χ3v) is 3.29. The van der Waals surface area contributed by atoms with Crippen LogP contribution in [0, 0.1) is 18.7 Å². The summed E-state index contributed by atoms with van der Waals surface area (Å²) in [5, 5.41) is 3.42. The topological polar surface area (TPSA) is 21.3 Å². The van der Waals surface area contributed by atoms with Crippen molar-refractivity contribution < 1.29 is 9.13 Å². The predicted octanol–water partition coefficient (Wildman–Crippen LogP) is 3.29. The van der Waals surface area contributed by atoms with Gasteiger partial charge in [0.15, 0.2) is 0 Å². The molecule has 3 heteroatoms. The first-order chi connectivity index (χ1) is 8.51. The van der Waals surface area contributed by atoms with Crippen LogP contribution >= 0.6 is 0 Å². The Kier molecular flexibility index (Phi) is 3.91. The van der Waals surface area contributed by atoms with Gasteiger partial charge in [-0.3, -0.25) is 0 Å². The normalized spacial score (nSPS) is 16.9. The van der Waals surface area contributed by atoms with E-state index < -0.39 is 0 Å². The van der Waals surface area contributed by atoms with Gasteiger partial charge in [-0.2, -0.15) is 0 Å². The van der Waals surface area contributed by atoms with E-state index in [1.165, 1.54) is 6.07 Å². The minimum Gasteiger partial charge on any atom is -0.486 e. The molecule has 0 spiro atoms. The van der Waals surface area contributed by atoms with Crippen molar-refractivity contribution in [2.75, 3.05) is 13.1 Å². The summed E-state index contributed by atoms with van der Waals surface area (Å²) in [6.45, 7) is 7.97. The SMILES string of the molecule is Cc1ccc(OC2(CNCC(C)C)CC2)cc1F. The number of ether oxygens (including phenoxy) is 1. The fourth-order valence-corrected chi connectivity index (χ4v) is 1.93. The average molecular weight is 251 g/mol. The van der Waals surface area contributed by atoms with Crippen LogP contribution in [0.5, 0.6) is 5.75 Å². The molecule has 1 aromatic rings. The molecule has 2 nitrogen and oxygen atoms in total. The molecular formula is C15H22FNO. The van der Waals surface area contributed by atoms with E-state index in [0.29, 0.717) is 17.2 Å². The minimum atomic E-state index is -0.196. The van der Waals surface area contributed by atoms with Crippen molar-refractivity contribution in [1.29, 1.82) is 0 Å². The standard InChI is InChI=1S/C15H22FNO/c1-11(2)9-17-10-15(6-7-15)18-13-5-4-12(3)14(16)8-13/h4-5,8,11,17H,6-7,9-10H2,1-3H3. The molecule has 0 bridgehead atoms. The Hall–Kier alpha value is -1.09. The molecule has 1 saturated carbocycles. The second kappa shape index (κ2) is 5.27. The molecule has 0 saturated heterocycles. The predicted molar refractivity (Wildman–Crippen MR) is 71.4 cm³/mol. The Morgan fingerprint density at radius 3 is 2.67 bits per heavy atom. The Labute approximate surface area is 109 Å². The van der Waals surface area contributed by atoms with Gasteiger partial charge in [0.1, 0.15) is 17.2 Å². The van der Waals surface area contributed by atoms with Gasteiger partial charge in [-0.25, -0.2) is 4.39 Å². The lowest BCUT2D eigenvalue weighted by Gasteiger charge is -2.19. The van der Waals surface area contributed by atoms with Crippen LogP contribution in [-0.4, -0.2) is 18.7 Å². The van der Waals surface area contributed by atoms with Gasteiger partial charge in [-0.1, -0.05) is 19.9 Å². The third kappa shape index (κ3) is 3.45. The Morgan fingerprint density at radius 1 is 1.39 bits per heavy atom. The van der Waals surface area contributed by atoms with Crippen LogP contribution in [0.15, 0.2) is 18.2 Å². The van der Waals surface area contributed by atoms with Gasteiger partial charge < -0.3 is 10.1 Å². The summed E-state index contributed by atoms with van der Waals surface area (Å²) in [5.74, 6) is 1.08. The summed E-state index contributed by atoms with van der Waals surface area (Å²) in [4.78, 5) is 0. The van der Waals surface area contributed by atoms with Gasteiger partial charge >= 0.3 is 0 Å². The Morgan fingerprint density at radius 2 is 2.11 bits per heavy atom. The van der Waals surface area contributed by atoms with Crippen molar-refractivity contribution in [1.82, 2.24) is 5.32 Å². The highest BCUT2D eigenvalue weighted by molar-refractivity contribution is 5.29. The molecule has 18 heavy (non-hydrogen) atoms. The zero-order valence-electron chi connectivity index (χ0n) is 11.4. The molecule has 0 amide bonds. The highest BCUT2D eigenvalue weighted by Gasteiger charge is 2.45. The zero-order chi connectivity index (χ0) is 13.2. The summed E-state index contributed by atoms with van der Waals surface area (Å²) in [6.07, 6.45) is 2.10. The highest BCUT2D eigenvalue weighted by atomic mass is 19.1. The van der Waals surface area contributed by atoms with Crippen LogP contribution in [0.25, 0.3) is 0 Å². The van der Waals surface area contributed by atoms with Crippen LogP contribution in [0.1, 0.15) is 32.3 Å². The molecule has 0 atom stereocenters. The second-order valence-electron chi connectivity index (χ2n) is 5.72. The van der Waals surface area contributed by atoms with E-state index >= 15 is 0 Å². The first kappa shape index (κ1) is 13.3. The third-order valence-electron chi connectivity index (χ3n) is 3.29. The molecule has 0 radical (unpaired) electrons. The van der Waals surface area contributed by atoms with Crippen molar-refractivity contribution in [3.63, 3.8) is 0 Å². The van der Waals surface area contributed by atoms with Gasteiger partial charge in [0.05, 0.1) is 0 Å². The molecular weight excluding hydrogens is 229 g/mol. The quantitative estimate of drug-likeness (QED) is 0.837. The van der Waals surface area contributed by atoms with Crippen LogP contribution < -0.4 is 10.1 Å². The van der Waals surface area contributed by atoms with Gasteiger partial charge in [0.25, 0.3) is 0 Å². The van der Waals surface area contributed by atoms with E-state index in [4.69, 9.17) is 4.74 Å². The molecule has 0 unspecified atom stereocenters. The van der Waals surface area contributed by atoms with Crippen LogP contribution in [0.4, 0.5) is 4.39 Å². The fourth-order valence-electron chi connectivity index (χ4n) is 1.93. The number of aryl methyl sites for hydroxylation is 1. The Balaban J connectivity index is 1.90. The van der Waals surface area contributed by atoms with E-state index in [2.05, 4.69) is 19.2 Å². The lowest BCUT2D eigenvalue weighted by molar-refractivity contribution is 0.173. The molecule has 1 aliphatic rings. The first-order valence-electron chi connectivity index (χ1n) is 6.67. The lowest BCUT2D eigenvalue weighted by atomic mass is 10.2. The lowest BCUT2D eigenvalue weighted by Crippen LogP contribution is -2.35. The zero-order valence-corrected chi connectivity index (χ0v) is 11.4. The maximum Gasteiger partial charge on any atom is 0.129 e. The molecule has 100 valence electrons. The maximum absolute atomic E-state index is 13.4. The van der Waals surface area contributed by atoms with E-state index in [1.807, 2.05) is 6.07 Å². The number of nitrogens with one attached hydrogen (secondary N) is 1. The summed E-state index contributed by atoms with van der Waals surface area (Å²) < 4.78 is 19.4. The summed E-state index contributed by atoms with van der Waals surface area (Å²) in [7, 11) is 0. The van der Waals surface area contributed by atoms with Crippen molar-refractivity contribution in [2.24, 2.45) is 5.92 Å². The molecule has 0 aromatic heterocycles. The Bertz CT molecular complexity index is 413. The largest absolute Gasteiger partial charge is 0.486 e.